The first-order valence-corrected chi connectivity index (χ1v) is 6.00. The molecule has 5 heteroatoms. The topological polar surface area (TPSA) is 59.5 Å². The van der Waals surface area contributed by atoms with Gasteiger partial charge in [0.25, 0.3) is 0 Å². The van der Waals surface area contributed by atoms with Crippen LogP contribution in [0.2, 0.25) is 0 Å². The third-order valence-corrected chi connectivity index (χ3v) is 3.50. The molecular formula is C12H15N3O2. The zero-order valence-corrected chi connectivity index (χ0v) is 9.54. The number of carbonyl (C=O) groups is 1. The van der Waals surface area contributed by atoms with Crippen molar-refractivity contribution in [2.75, 3.05) is 0 Å². The molecule has 3 rings (SSSR count). The van der Waals surface area contributed by atoms with Gasteiger partial charge in [0.05, 0.1) is 5.69 Å². The van der Waals surface area contributed by atoms with Crippen molar-refractivity contribution in [2.24, 2.45) is 0 Å². The molecule has 0 aromatic carbocycles. The van der Waals surface area contributed by atoms with E-state index in [1.807, 2.05) is 12.3 Å². The molecule has 5 nitrogen and oxygen atoms in total. The Bertz CT molecular complexity index is 549. The summed E-state index contributed by atoms with van der Waals surface area (Å²) in [5.74, 6) is -0.264. The van der Waals surface area contributed by atoms with Gasteiger partial charge in [0.15, 0.2) is 0 Å². The van der Waals surface area contributed by atoms with Crippen molar-refractivity contribution in [3.05, 3.63) is 24.2 Å². The predicted molar refractivity (Wildman–Crippen MR) is 62.0 cm³/mol. The lowest BCUT2D eigenvalue weighted by atomic mass is 10.1. The van der Waals surface area contributed by atoms with Gasteiger partial charge in [0.2, 0.25) is 0 Å². The molecule has 0 amide bonds. The number of rotatable bonds is 3. The van der Waals surface area contributed by atoms with Gasteiger partial charge in [-0.1, -0.05) is 12.8 Å². The fraction of sp³-hybridized carbons (Fsp3) is 0.500. The Kier molecular flexibility index (Phi) is 2.39. The van der Waals surface area contributed by atoms with Gasteiger partial charge >= 0.3 is 5.97 Å². The van der Waals surface area contributed by atoms with Gasteiger partial charge in [-0.2, -0.15) is 5.10 Å². The summed E-state index contributed by atoms with van der Waals surface area (Å²) in [7, 11) is 0. The summed E-state index contributed by atoms with van der Waals surface area (Å²) in [6, 6.07) is 2.03. The van der Waals surface area contributed by atoms with Crippen LogP contribution in [0.4, 0.5) is 0 Å². The molecule has 2 aromatic rings. The van der Waals surface area contributed by atoms with Crippen molar-refractivity contribution in [1.82, 2.24) is 14.2 Å². The van der Waals surface area contributed by atoms with Crippen LogP contribution in [0, 0.1) is 0 Å². The number of aliphatic carboxylic acids is 1. The van der Waals surface area contributed by atoms with E-state index in [2.05, 4.69) is 5.10 Å². The summed E-state index contributed by atoms with van der Waals surface area (Å²) in [6.07, 6.45) is 8.55. The standard InChI is InChI=1S/C12H15N3O2/c16-12(17)8-14-5-6-15-11(14)7-10(13-15)9-3-1-2-4-9/h5-7,9H,1-4,8H2,(H,16,17). The van der Waals surface area contributed by atoms with Crippen LogP contribution in [-0.2, 0) is 11.3 Å². The molecule has 2 aromatic heterocycles. The highest BCUT2D eigenvalue weighted by molar-refractivity contribution is 5.67. The molecule has 0 aliphatic heterocycles. The van der Waals surface area contributed by atoms with E-state index >= 15 is 0 Å². The molecule has 0 saturated heterocycles. The van der Waals surface area contributed by atoms with Crippen molar-refractivity contribution >= 4 is 11.6 Å². The molecule has 1 saturated carbocycles. The normalized spacial score (nSPS) is 16.9. The van der Waals surface area contributed by atoms with E-state index in [1.54, 1.807) is 15.3 Å². The van der Waals surface area contributed by atoms with Crippen molar-refractivity contribution in [1.29, 1.82) is 0 Å². The smallest absolute Gasteiger partial charge is 0.323 e. The number of fused-ring (bicyclic) bond motifs is 1. The minimum Gasteiger partial charge on any atom is -0.480 e. The van der Waals surface area contributed by atoms with E-state index in [-0.39, 0.29) is 6.54 Å². The van der Waals surface area contributed by atoms with Gasteiger partial charge in [-0.15, -0.1) is 0 Å². The third-order valence-electron chi connectivity index (χ3n) is 3.50. The van der Waals surface area contributed by atoms with E-state index in [0.29, 0.717) is 5.92 Å². The van der Waals surface area contributed by atoms with Crippen molar-refractivity contribution in [3.8, 4) is 0 Å². The molecular weight excluding hydrogens is 218 g/mol. The maximum absolute atomic E-state index is 10.7. The molecule has 1 N–H and O–H groups in total. The Morgan fingerprint density at radius 1 is 1.41 bits per heavy atom. The van der Waals surface area contributed by atoms with E-state index in [9.17, 15) is 4.79 Å². The Morgan fingerprint density at radius 3 is 2.88 bits per heavy atom. The average molecular weight is 233 g/mol. The second-order valence-electron chi connectivity index (χ2n) is 4.67. The highest BCUT2D eigenvalue weighted by atomic mass is 16.4. The first kappa shape index (κ1) is 10.4. The Morgan fingerprint density at radius 2 is 2.18 bits per heavy atom. The second-order valence-corrected chi connectivity index (χ2v) is 4.67. The van der Waals surface area contributed by atoms with E-state index in [1.165, 1.54) is 25.7 Å². The molecule has 1 aliphatic rings. The maximum Gasteiger partial charge on any atom is 0.323 e. The fourth-order valence-electron chi connectivity index (χ4n) is 2.65. The van der Waals surface area contributed by atoms with Crippen LogP contribution in [-0.4, -0.2) is 25.3 Å². The van der Waals surface area contributed by atoms with Crippen LogP contribution in [0.1, 0.15) is 37.3 Å². The molecule has 1 aliphatic carbocycles. The highest BCUT2D eigenvalue weighted by Crippen LogP contribution is 2.33. The first-order chi connectivity index (χ1) is 8.24. The number of hydrogen-bond acceptors (Lipinski definition) is 2. The largest absolute Gasteiger partial charge is 0.480 e. The van der Waals surface area contributed by atoms with Crippen LogP contribution in [0.3, 0.4) is 0 Å². The van der Waals surface area contributed by atoms with Crippen LogP contribution >= 0.6 is 0 Å². The van der Waals surface area contributed by atoms with Crippen LogP contribution < -0.4 is 0 Å². The third kappa shape index (κ3) is 1.81. The number of hydrogen-bond donors (Lipinski definition) is 1. The van der Waals surface area contributed by atoms with Crippen LogP contribution in [0.5, 0.6) is 0 Å². The van der Waals surface area contributed by atoms with Gasteiger partial charge in [0, 0.05) is 24.4 Å². The molecule has 0 unspecified atom stereocenters. The lowest BCUT2D eigenvalue weighted by Gasteiger charge is -2.02. The van der Waals surface area contributed by atoms with E-state index < -0.39 is 5.97 Å². The summed E-state index contributed by atoms with van der Waals surface area (Å²) < 4.78 is 3.49. The van der Waals surface area contributed by atoms with Gasteiger partial charge in [-0.25, -0.2) is 4.52 Å². The predicted octanol–water partition coefficient (Wildman–Crippen LogP) is 1.88. The van der Waals surface area contributed by atoms with Crippen LogP contribution in [0.25, 0.3) is 5.65 Å². The van der Waals surface area contributed by atoms with Crippen molar-refractivity contribution in [3.63, 3.8) is 0 Å². The summed E-state index contributed by atoms with van der Waals surface area (Å²) in [5.41, 5.74) is 1.98. The van der Waals surface area contributed by atoms with Gasteiger partial charge in [0.1, 0.15) is 12.2 Å². The van der Waals surface area contributed by atoms with E-state index in [0.717, 1.165) is 11.3 Å². The van der Waals surface area contributed by atoms with Crippen molar-refractivity contribution < 1.29 is 9.90 Å². The summed E-state index contributed by atoms with van der Waals surface area (Å²) in [6.45, 7) is -0.00764. The lowest BCUT2D eigenvalue weighted by Crippen LogP contribution is -2.07. The summed E-state index contributed by atoms with van der Waals surface area (Å²) >= 11 is 0. The molecule has 90 valence electrons. The number of carboxylic acids is 1. The monoisotopic (exact) mass is 233 g/mol. The molecule has 1 fully saturated rings. The average Bonchev–Trinajstić information content (AvgIpc) is 2.93. The number of nitrogens with zero attached hydrogens (tertiary/aromatic N) is 3. The summed E-state index contributed by atoms with van der Waals surface area (Å²) in [5, 5.41) is 13.3. The quantitative estimate of drug-likeness (QED) is 0.880. The Balaban J connectivity index is 1.95. The first-order valence-electron chi connectivity index (χ1n) is 6.00. The van der Waals surface area contributed by atoms with Crippen LogP contribution in [0.15, 0.2) is 18.5 Å². The van der Waals surface area contributed by atoms with Gasteiger partial charge < -0.3 is 9.67 Å². The second kappa shape index (κ2) is 3.91. The minimum atomic E-state index is -0.827. The number of aromatic nitrogens is 3. The maximum atomic E-state index is 10.7. The Labute approximate surface area is 98.7 Å². The molecule has 0 radical (unpaired) electrons. The van der Waals surface area contributed by atoms with Crippen molar-refractivity contribution in [2.45, 2.75) is 38.1 Å². The van der Waals surface area contributed by atoms with Gasteiger partial charge in [-0.05, 0) is 12.8 Å². The molecule has 17 heavy (non-hydrogen) atoms. The molecule has 0 bridgehead atoms. The molecule has 2 heterocycles. The fourth-order valence-corrected chi connectivity index (χ4v) is 2.65. The zero-order chi connectivity index (χ0) is 11.8. The molecule has 0 atom stereocenters. The number of imidazole rings is 1. The van der Waals surface area contributed by atoms with Gasteiger partial charge in [-0.3, -0.25) is 4.79 Å². The lowest BCUT2D eigenvalue weighted by molar-refractivity contribution is -0.137. The Hall–Kier alpha value is -1.78. The van der Waals surface area contributed by atoms with E-state index in [4.69, 9.17) is 5.11 Å². The zero-order valence-electron chi connectivity index (χ0n) is 9.54. The molecule has 0 spiro atoms. The number of carboxylic acid groups (broad SMARTS) is 1. The SMILES string of the molecule is O=C(O)Cn1ccn2nc(C3CCCC3)cc12. The summed E-state index contributed by atoms with van der Waals surface area (Å²) in [4.78, 5) is 10.7. The highest BCUT2D eigenvalue weighted by Gasteiger charge is 2.20. The minimum absolute atomic E-state index is 0.00764.